The van der Waals surface area contributed by atoms with Crippen LogP contribution in [0.5, 0.6) is 0 Å². The van der Waals surface area contributed by atoms with Crippen molar-refractivity contribution in [3.63, 3.8) is 0 Å². The largest absolute Gasteiger partial charge is 0.376 e. The predicted molar refractivity (Wildman–Crippen MR) is 65.1 cm³/mol. The van der Waals surface area contributed by atoms with Crippen LogP contribution in [0.3, 0.4) is 0 Å². The van der Waals surface area contributed by atoms with E-state index in [4.69, 9.17) is 11.5 Å². The topological polar surface area (TPSA) is 81.1 Å². The van der Waals surface area contributed by atoms with E-state index in [0.717, 1.165) is 11.3 Å². The number of carbonyl (C=O) groups excluding carboxylic acids is 1. The molecule has 1 amide bonds. The van der Waals surface area contributed by atoms with Crippen molar-refractivity contribution in [2.24, 2.45) is 11.5 Å². The molecule has 4 nitrogen and oxygen atoms in total. The lowest BCUT2D eigenvalue weighted by molar-refractivity contribution is -0.113. The molecule has 1 aromatic rings. The molecule has 0 aromatic heterocycles. The molecule has 0 radical (unpaired) electrons. The van der Waals surface area contributed by atoms with Gasteiger partial charge in [0, 0.05) is 11.8 Å². The van der Waals surface area contributed by atoms with Crippen molar-refractivity contribution in [2.45, 2.75) is 0 Å². The van der Waals surface area contributed by atoms with Gasteiger partial charge in [0.05, 0.1) is 0 Å². The van der Waals surface area contributed by atoms with E-state index >= 15 is 0 Å². The third-order valence-corrected chi connectivity index (χ3v) is 1.72. The Morgan fingerprint density at radius 3 is 2.33 bits per heavy atom. The number of nitrogens with two attached hydrogens (primary N) is 2. The Kier molecular flexibility index (Phi) is 3.82. The highest BCUT2D eigenvalue weighted by Crippen LogP contribution is 2.10. The molecule has 0 spiro atoms. The van der Waals surface area contributed by atoms with Gasteiger partial charge in [-0.25, -0.2) is 0 Å². The summed E-state index contributed by atoms with van der Waals surface area (Å²) < 4.78 is 0. The average Bonchev–Trinajstić information content (AvgIpc) is 2.16. The Morgan fingerprint density at radius 2 is 1.87 bits per heavy atom. The normalized spacial score (nSPS) is 10.1. The van der Waals surface area contributed by atoms with Gasteiger partial charge in [-0.1, -0.05) is 12.1 Å². The number of rotatable bonds is 3. The molecule has 0 fully saturated rings. The molecule has 0 saturated carbocycles. The molecule has 0 unspecified atom stereocenters. The highest BCUT2D eigenvalue weighted by molar-refractivity contribution is 7.80. The molecule has 5 N–H and O–H groups in total. The van der Waals surface area contributed by atoms with Crippen LogP contribution in [-0.2, 0) is 4.79 Å². The van der Waals surface area contributed by atoms with Crippen molar-refractivity contribution < 1.29 is 4.79 Å². The molecule has 0 saturated heterocycles. The molecule has 15 heavy (non-hydrogen) atoms. The summed E-state index contributed by atoms with van der Waals surface area (Å²) in [5.41, 5.74) is 12.0. The van der Waals surface area contributed by atoms with Crippen molar-refractivity contribution in [3.8, 4) is 0 Å². The van der Waals surface area contributed by atoms with Gasteiger partial charge < -0.3 is 16.8 Å². The molecule has 0 aliphatic rings. The number of anilines is 1. The lowest BCUT2D eigenvalue weighted by atomic mass is 10.2. The lowest BCUT2D eigenvalue weighted by Gasteiger charge is -2.02. The van der Waals surface area contributed by atoms with E-state index in [2.05, 4.69) is 17.5 Å². The van der Waals surface area contributed by atoms with Crippen molar-refractivity contribution in [1.82, 2.24) is 0 Å². The van der Waals surface area contributed by atoms with E-state index in [1.807, 2.05) is 12.1 Å². The van der Waals surface area contributed by atoms with E-state index < -0.39 is 5.91 Å². The van der Waals surface area contributed by atoms with Gasteiger partial charge in [0.1, 0.15) is 0 Å². The summed E-state index contributed by atoms with van der Waals surface area (Å²) in [6, 6.07) is 7.25. The van der Waals surface area contributed by atoms with Gasteiger partial charge in [0.15, 0.2) is 5.11 Å². The standard InChI is InChI=1S/C10H11N3OS/c11-9(14)6-3-7-1-4-8(5-2-7)13-10(12)15/h1-6H,(H2,11,14)(H3,12,13,15). The van der Waals surface area contributed by atoms with E-state index in [-0.39, 0.29) is 5.11 Å². The van der Waals surface area contributed by atoms with Crippen LogP contribution in [0.15, 0.2) is 30.3 Å². The van der Waals surface area contributed by atoms with Gasteiger partial charge in [0.25, 0.3) is 0 Å². The van der Waals surface area contributed by atoms with Gasteiger partial charge >= 0.3 is 0 Å². The van der Waals surface area contributed by atoms with Crippen LogP contribution in [0.2, 0.25) is 0 Å². The first-order valence-corrected chi connectivity index (χ1v) is 4.63. The van der Waals surface area contributed by atoms with Gasteiger partial charge in [-0.2, -0.15) is 0 Å². The average molecular weight is 221 g/mol. The van der Waals surface area contributed by atoms with Crippen molar-refractivity contribution in [3.05, 3.63) is 35.9 Å². The summed E-state index contributed by atoms with van der Waals surface area (Å²) in [5.74, 6) is -0.472. The van der Waals surface area contributed by atoms with Crippen molar-refractivity contribution in [2.75, 3.05) is 5.32 Å². The number of hydrogen-bond donors (Lipinski definition) is 3. The zero-order valence-electron chi connectivity index (χ0n) is 7.94. The van der Waals surface area contributed by atoms with E-state index in [9.17, 15) is 4.79 Å². The first-order chi connectivity index (χ1) is 7.08. The smallest absolute Gasteiger partial charge is 0.241 e. The Bertz CT molecular complexity index is 398. The summed E-state index contributed by atoms with van der Waals surface area (Å²) in [6.07, 6.45) is 2.93. The highest BCUT2D eigenvalue weighted by atomic mass is 32.1. The van der Waals surface area contributed by atoms with Gasteiger partial charge in [-0.15, -0.1) is 0 Å². The van der Waals surface area contributed by atoms with Gasteiger partial charge in [-0.3, -0.25) is 4.79 Å². The fourth-order valence-corrected chi connectivity index (χ4v) is 1.12. The van der Waals surface area contributed by atoms with Gasteiger partial charge in [-0.05, 0) is 36.0 Å². The Hall–Kier alpha value is -1.88. The van der Waals surface area contributed by atoms with Crippen LogP contribution in [0.4, 0.5) is 5.69 Å². The van der Waals surface area contributed by atoms with E-state index in [1.165, 1.54) is 6.08 Å². The number of carbonyl (C=O) groups is 1. The summed E-state index contributed by atoms with van der Waals surface area (Å²) in [5, 5.41) is 3.01. The zero-order valence-corrected chi connectivity index (χ0v) is 8.75. The van der Waals surface area contributed by atoms with E-state index in [1.54, 1.807) is 18.2 Å². The van der Waals surface area contributed by atoms with Crippen molar-refractivity contribution >= 4 is 35.0 Å². The van der Waals surface area contributed by atoms with Crippen LogP contribution in [0, 0.1) is 0 Å². The second-order valence-corrected chi connectivity index (χ2v) is 3.29. The second kappa shape index (κ2) is 5.11. The Morgan fingerprint density at radius 1 is 1.27 bits per heavy atom. The summed E-state index contributed by atoms with van der Waals surface area (Å²) in [6.45, 7) is 0. The second-order valence-electron chi connectivity index (χ2n) is 2.85. The number of primary amides is 1. The van der Waals surface area contributed by atoms with Crippen LogP contribution < -0.4 is 16.8 Å². The number of amides is 1. The van der Waals surface area contributed by atoms with Crippen molar-refractivity contribution in [1.29, 1.82) is 0 Å². The maximum atomic E-state index is 10.5. The summed E-state index contributed by atoms with van der Waals surface area (Å²) in [4.78, 5) is 10.5. The molecule has 1 aromatic carbocycles. The molecular formula is C10H11N3OS. The van der Waals surface area contributed by atoms with Crippen LogP contribution >= 0.6 is 12.2 Å². The molecule has 5 heteroatoms. The molecule has 0 heterocycles. The maximum Gasteiger partial charge on any atom is 0.241 e. The Balaban J connectivity index is 2.72. The summed E-state index contributed by atoms with van der Waals surface area (Å²) >= 11 is 4.69. The molecule has 78 valence electrons. The SMILES string of the molecule is NC(=O)C=Cc1ccc(NC(N)=S)cc1. The summed E-state index contributed by atoms with van der Waals surface area (Å²) in [7, 11) is 0. The van der Waals surface area contributed by atoms with Gasteiger partial charge in [0.2, 0.25) is 5.91 Å². The molecule has 0 atom stereocenters. The fraction of sp³-hybridized carbons (Fsp3) is 0. The first kappa shape index (κ1) is 11.2. The molecule has 0 aliphatic carbocycles. The third-order valence-electron chi connectivity index (χ3n) is 1.62. The fourth-order valence-electron chi connectivity index (χ4n) is 0.998. The Labute approximate surface area is 93.0 Å². The molecule has 0 aliphatic heterocycles. The number of thiocarbonyl (C=S) groups is 1. The minimum absolute atomic E-state index is 0.218. The number of hydrogen-bond acceptors (Lipinski definition) is 2. The number of benzene rings is 1. The van der Waals surface area contributed by atoms with E-state index in [0.29, 0.717) is 0 Å². The molecule has 0 bridgehead atoms. The maximum absolute atomic E-state index is 10.5. The van der Waals surface area contributed by atoms with Crippen LogP contribution in [0.1, 0.15) is 5.56 Å². The predicted octanol–water partition coefficient (Wildman–Crippen LogP) is 0.841. The minimum atomic E-state index is -0.472. The quantitative estimate of drug-likeness (QED) is 0.522. The monoisotopic (exact) mass is 221 g/mol. The number of nitrogens with one attached hydrogen (secondary N) is 1. The first-order valence-electron chi connectivity index (χ1n) is 4.22. The van der Waals surface area contributed by atoms with Crippen LogP contribution in [-0.4, -0.2) is 11.0 Å². The third kappa shape index (κ3) is 4.24. The lowest BCUT2D eigenvalue weighted by Crippen LogP contribution is -2.18. The van der Waals surface area contributed by atoms with Crippen LogP contribution in [0.25, 0.3) is 6.08 Å². The highest BCUT2D eigenvalue weighted by Gasteiger charge is 1.92. The molecular weight excluding hydrogens is 210 g/mol. The minimum Gasteiger partial charge on any atom is -0.376 e. The zero-order chi connectivity index (χ0) is 11.3. The molecule has 1 rings (SSSR count).